The van der Waals surface area contributed by atoms with Crippen molar-refractivity contribution in [2.45, 2.75) is 13.8 Å². The van der Waals surface area contributed by atoms with Crippen molar-refractivity contribution in [3.63, 3.8) is 0 Å². The molecule has 0 saturated carbocycles. The standard InChI is InChI=1S/C13H16O/c1-11-5-3-7-13(9-11)8-4-6-12(2)10-14/h3-9,14H,10H2,1-2H3/b8-4+,12-6+. The minimum atomic E-state index is 0.123. The highest BCUT2D eigenvalue weighted by molar-refractivity contribution is 5.52. The summed E-state index contributed by atoms with van der Waals surface area (Å²) >= 11 is 0. The van der Waals surface area contributed by atoms with Crippen LogP contribution in [0.3, 0.4) is 0 Å². The van der Waals surface area contributed by atoms with E-state index in [1.165, 1.54) is 11.1 Å². The van der Waals surface area contributed by atoms with E-state index in [4.69, 9.17) is 5.11 Å². The maximum Gasteiger partial charge on any atom is 0.0642 e. The molecular formula is C13H16O. The molecule has 1 heteroatoms. The number of aliphatic hydroxyl groups is 1. The van der Waals surface area contributed by atoms with E-state index in [1.807, 2.05) is 31.2 Å². The fourth-order valence-electron chi connectivity index (χ4n) is 1.15. The summed E-state index contributed by atoms with van der Waals surface area (Å²) in [5, 5.41) is 8.77. The van der Waals surface area contributed by atoms with Gasteiger partial charge in [0.15, 0.2) is 0 Å². The van der Waals surface area contributed by atoms with E-state index in [0.717, 1.165) is 5.57 Å². The van der Waals surface area contributed by atoms with Crippen LogP contribution in [-0.2, 0) is 0 Å². The maximum absolute atomic E-state index is 8.77. The zero-order valence-corrected chi connectivity index (χ0v) is 8.70. The summed E-state index contributed by atoms with van der Waals surface area (Å²) in [5.41, 5.74) is 3.41. The molecule has 0 unspecified atom stereocenters. The van der Waals surface area contributed by atoms with Gasteiger partial charge >= 0.3 is 0 Å². The molecule has 0 heterocycles. The van der Waals surface area contributed by atoms with E-state index in [9.17, 15) is 0 Å². The zero-order valence-electron chi connectivity index (χ0n) is 8.70. The van der Waals surface area contributed by atoms with Gasteiger partial charge in [0.05, 0.1) is 6.61 Å². The first-order valence-electron chi connectivity index (χ1n) is 4.74. The van der Waals surface area contributed by atoms with Crippen LogP contribution in [0, 0.1) is 6.92 Å². The van der Waals surface area contributed by atoms with Crippen LogP contribution in [0.2, 0.25) is 0 Å². The van der Waals surface area contributed by atoms with Gasteiger partial charge in [-0.05, 0) is 25.0 Å². The average molecular weight is 188 g/mol. The zero-order chi connectivity index (χ0) is 10.4. The van der Waals surface area contributed by atoms with Crippen LogP contribution >= 0.6 is 0 Å². The first-order valence-corrected chi connectivity index (χ1v) is 4.74. The molecule has 0 aliphatic carbocycles. The molecule has 0 aliphatic rings. The first kappa shape index (κ1) is 10.7. The Kier molecular flexibility index (Phi) is 4.14. The molecule has 0 bridgehead atoms. The van der Waals surface area contributed by atoms with E-state index in [1.54, 1.807) is 0 Å². The molecule has 0 aliphatic heterocycles. The third-order valence-electron chi connectivity index (χ3n) is 1.96. The Bertz CT molecular complexity index is 348. The van der Waals surface area contributed by atoms with Gasteiger partial charge in [-0.15, -0.1) is 0 Å². The van der Waals surface area contributed by atoms with Gasteiger partial charge in [-0.1, -0.05) is 48.1 Å². The number of allylic oxidation sites excluding steroid dienone is 2. The lowest BCUT2D eigenvalue weighted by molar-refractivity contribution is 0.331. The molecule has 1 aromatic carbocycles. The van der Waals surface area contributed by atoms with Crippen LogP contribution < -0.4 is 0 Å². The van der Waals surface area contributed by atoms with Gasteiger partial charge in [0.2, 0.25) is 0 Å². The topological polar surface area (TPSA) is 20.2 Å². The van der Waals surface area contributed by atoms with Crippen molar-refractivity contribution in [1.82, 2.24) is 0 Å². The van der Waals surface area contributed by atoms with E-state index in [0.29, 0.717) is 0 Å². The smallest absolute Gasteiger partial charge is 0.0642 e. The molecule has 1 aromatic rings. The van der Waals surface area contributed by atoms with Crippen molar-refractivity contribution in [3.05, 3.63) is 53.1 Å². The molecule has 0 fully saturated rings. The highest BCUT2D eigenvalue weighted by atomic mass is 16.3. The third kappa shape index (κ3) is 3.58. The van der Waals surface area contributed by atoms with E-state index < -0.39 is 0 Å². The minimum Gasteiger partial charge on any atom is -0.392 e. The second-order valence-corrected chi connectivity index (χ2v) is 3.44. The fourth-order valence-corrected chi connectivity index (χ4v) is 1.15. The highest BCUT2D eigenvalue weighted by Gasteiger charge is 1.86. The van der Waals surface area contributed by atoms with Crippen LogP contribution in [-0.4, -0.2) is 11.7 Å². The predicted octanol–water partition coefficient (Wildman–Crippen LogP) is 2.95. The molecule has 74 valence electrons. The molecule has 0 atom stereocenters. The molecule has 1 rings (SSSR count). The van der Waals surface area contributed by atoms with Crippen LogP contribution in [0.15, 0.2) is 42.0 Å². The van der Waals surface area contributed by atoms with Crippen molar-refractivity contribution < 1.29 is 5.11 Å². The van der Waals surface area contributed by atoms with Crippen LogP contribution in [0.4, 0.5) is 0 Å². The highest BCUT2D eigenvalue weighted by Crippen LogP contribution is 2.06. The largest absolute Gasteiger partial charge is 0.392 e. The quantitative estimate of drug-likeness (QED) is 0.723. The monoisotopic (exact) mass is 188 g/mol. The van der Waals surface area contributed by atoms with Crippen molar-refractivity contribution in [3.8, 4) is 0 Å². The molecule has 1 nitrogen and oxygen atoms in total. The van der Waals surface area contributed by atoms with Gasteiger partial charge in [-0.25, -0.2) is 0 Å². The first-order chi connectivity index (χ1) is 6.72. The Morgan fingerprint density at radius 2 is 2.21 bits per heavy atom. The van der Waals surface area contributed by atoms with E-state index >= 15 is 0 Å². The second kappa shape index (κ2) is 5.40. The fraction of sp³-hybridized carbons (Fsp3) is 0.231. The number of hydrogen-bond donors (Lipinski definition) is 1. The van der Waals surface area contributed by atoms with E-state index in [2.05, 4.69) is 25.1 Å². The second-order valence-electron chi connectivity index (χ2n) is 3.44. The average Bonchev–Trinajstić information content (AvgIpc) is 2.17. The number of rotatable bonds is 3. The molecule has 14 heavy (non-hydrogen) atoms. The van der Waals surface area contributed by atoms with Gasteiger partial charge in [0.1, 0.15) is 0 Å². The molecule has 0 amide bonds. The molecule has 1 N–H and O–H groups in total. The van der Waals surface area contributed by atoms with Crippen molar-refractivity contribution in [2.75, 3.05) is 6.61 Å². The lowest BCUT2D eigenvalue weighted by Gasteiger charge is -1.94. The number of aliphatic hydroxyl groups excluding tert-OH is 1. The third-order valence-corrected chi connectivity index (χ3v) is 1.96. The SMILES string of the molecule is C/C(=C\C=C\c1cccc(C)c1)CO. The Hall–Kier alpha value is -1.34. The summed E-state index contributed by atoms with van der Waals surface area (Å²) in [6, 6.07) is 8.30. The van der Waals surface area contributed by atoms with Crippen molar-refractivity contribution in [1.29, 1.82) is 0 Å². The molecule has 0 saturated heterocycles. The maximum atomic E-state index is 8.77. The molecule has 0 radical (unpaired) electrons. The van der Waals surface area contributed by atoms with Crippen molar-refractivity contribution >= 4 is 6.08 Å². The van der Waals surface area contributed by atoms with E-state index in [-0.39, 0.29) is 6.61 Å². The predicted molar refractivity (Wildman–Crippen MR) is 61.1 cm³/mol. The summed E-state index contributed by atoms with van der Waals surface area (Å²) in [6.07, 6.45) is 5.91. The van der Waals surface area contributed by atoms with Gasteiger partial charge in [-0.3, -0.25) is 0 Å². The molecule has 0 aromatic heterocycles. The lowest BCUT2D eigenvalue weighted by Crippen LogP contribution is -1.81. The van der Waals surface area contributed by atoms with Crippen molar-refractivity contribution in [2.24, 2.45) is 0 Å². The molecule has 0 spiro atoms. The minimum absolute atomic E-state index is 0.123. The lowest BCUT2D eigenvalue weighted by atomic mass is 10.1. The van der Waals surface area contributed by atoms with Crippen LogP contribution in [0.5, 0.6) is 0 Å². The molecular weight excluding hydrogens is 172 g/mol. The summed E-state index contributed by atoms with van der Waals surface area (Å²) in [5.74, 6) is 0. The van der Waals surface area contributed by atoms with Gasteiger partial charge < -0.3 is 5.11 Å². The van der Waals surface area contributed by atoms with Crippen LogP contribution in [0.1, 0.15) is 18.1 Å². The van der Waals surface area contributed by atoms with Gasteiger partial charge in [0.25, 0.3) is 0 Å². The normalized spacial score (nSPS) is 12.4. The Morgan fingerprint density at radius 1 is 1.43 bits per heavy atom. The summed E-state index contributed by atoms with van der Waals surface area (Å²) in [6.45, 7) is 4.10. The van der Waals surface area contributed by atoms with Crippen LogP contribution in [0.25, 0.3) is 6.08 Å². The summed E-state index contributed by atoms with van der Waals surface area (Å²) in [4.78, 5) is 0. The summed E-state index contributed by atoms with van der Waals surface area (Å²) < 4.78 is 0. The number of hydrogen-bond acceptors (Lipinski definition) is 1. The summed E-state index contributed by atoms with van der Waals surface area (Å²) in [7, 11) is 0. The van der Waals surface area contributed by atoms with Gasteiger partial charge in [0, 0.05) is 0 Å². The Balaban J connectivity index is 2.69. The Morgan fingerprint density at radius 3 is 2.86 bits per heavy atom. The number of aryl methyl sites for hydroxylation is 1. The number of benzene rings is 1. The Labute approximate surface area is 85.4 Å². The van der Waals surface area contributed by atoms with Gasteiger partial charge in [-0.2, -0.15) is 0 Å².